The molecule has 0 unspecified atom stereocenters. The molecule has 1 heterocycles. The Morgan fingerprint density at radius 2 is 2.20 bits per heavy atom. The van der Waals surface area contributed by atoms with Gasteiger partial charge in [0.25, 0.3) is 0 Å². The maximum atomic E-state index is 9.20. The maximum absolute atomic E-state index is 9.20. The molecule has 2 nitrogen and oxygen atoms in total. The predicted molar refractivity (Wildman–Crippen MR) is 62.7 cm³/mol. The molecule has 0 fully saturated rings. The second-order valence-electron chi connectivity index (χ2n) is 3.55. The Kier molecular flexibility index (Phi) is 2.88. The highest BCUT2D eigenvalue weighted by Crippen LogP contribution is 2.20. The van der Waals surface area contributed by atoms with Gasteiger partial charge in [-0.05, 0) is 24.6 Å². The van der Waals surface area contributed by atoms with E-state index in [0.717, 1.165) is 17.5 Å². The third-order valence-corrected chi connectivity index (χ3v) is 2.61. The summed E-state index contributed by atoms with van der Waals surface area (Å²) >= 11 is 0. The van der Waals surface area contributed by atoms with E-state index in [9.17, 15) is 5.11 Å². The molecule has 1 N–H and O–H groups in total. The fourth-order valence-electron chi connectivity index (χ4n) is 1.80. The van der Waals surface area contributed by atoms with E-state index >= 15 is 0 Å². The fraction of sp³-hybridized carbons (Fsp3) is 0.231. The average Bonchev–Trinajstić information content (AvgIpc) is 2.69. The summed E-state index contributed by atoms with van der Waals surface area (Å²) in [5.41, 5.74) is 2.17. The van der Waals surface area contributed by atoms with Gasteiger partial charge in [-0.25, -0.2) is 0 Å². The second kappa shape index (κ2) is 4.32. The summed E-state index contributed by atoms with van der Waals surface area (Å²) in [6.45, 7) is 3.00. The molecule has 78 valence electrons. The maximum Gasteiger partial charge on any atom is 0.0688 e. The van der Waals surface area contributed by atoms with Crippen LogP contribution < -0.4 is 0 Å². The lowest BCUT2D eigenvalue weighted by Gasteiger charge is -2.03. The van der Waals surface area contributed by atoms with Gasteiger partial charge in [0.15, 0.2) is 0 Å². The Balaban J connectivity index is 2.50. The number of hydrogen-bond acceptors (Lipinski definition) is 1. The normalized spacial score (nSPS) is 11.6. The Hall–Kier alpha value is -1.54. The number of aromatic nitrogens is 1. The van der Waals surface area contributed by atoms with Crippen molar-refractivity contribution >= 4 is 10.9 Å². The molecule has 0 atom stereocenters. The highest BCUT2D eigenvalue weighted by atomic mass is 16.3. The minimum atomic E-state index is 0.102. The van der Waals surface area contributed by atoms with Crippen LogP contribution in [0.25, 0.3) is 10.9 Å². The van der Waals surface area contributed by atoms with Crippen LogP contribution in [0.4, 0.5) is 0 Å². The number of allylic oxidation sites excluding steroid dienone is 2. The van der Waals surface area contributed by atoms with Gasteiger partial charge in [-0.1, -0.05) is 24.3 Å². The molecule has 1 aromatic carbocycles. The Morgan fingerprint density at radius 3 is 2.93 bits per heavy atom. The van der Waals surface area contributed by atoms with Crippen LogP contribution in [0, 0.1) is 0 Å². The van der Waals surface area contributed by atoms with Crippen LogP contribution in [0.5, 0.6) is 0 Å². The number of aliphatic hydroxyl groups is 1. The standard InChI is InChI=1S/C13H15NO/c1-2-3-8-14-9-7-12-11(10-15)5-4-6-13(12)14/h2-7,9,15H,8,10H2,1H3. The topological polar surface area (TPSA) is 25.2 Å². The van der Waals surface area contributed by atoms with Crippen molar-refractivity contribution in [2.45, 2.75) is 20.1 Å². The Bertz CT molecular complexity index is 482. The van der Waals surface area contributed by atoms with Crippen LogP contribution in [0.15, 0.2) is 42.6 Å². The van der Waals surface area contributed by atoms with Gasteiger partial charge in [-0.15, -0.1) is 0 Å². The van der Waals surface area contributed by atoms with E-state index < -0.39 is 0 Å². The van der Waals surface area contributed by atoms with Crippen molar-refractivity contribution in [3.05, 3.63) is 48.2 Å². The second-order valence-corrected chi connectivity index (χ2v) is 3.55. The predicted octanol–water partition coefficient (Wildman–Crippen LogP) is 2.71. The first-order valence-corrected chi connectivity index (χ1v) is 5.15. The lowest BCUT2D eigenvalue weighted by molar-refractivity contribution is 0.283. The number of nitrogens with zero attached hydrogens (tertiary/aromatic N) is 1. The molecular weight excluding hydrogens is 186 g/mol. The number of rotatable bonds is 3. The first-order valence-electron chi connectivity index (χ1n) is 5.15. The van der Waals surface area contributed by atoms with E-state index in [4.69, 9.17) is 0 Å². The van der Waals surface area contributed by atoms with Crippen LogP contribution in [0.3, 0.4) is 0 Å². The smallest absolute Gasteiger partial charge is 0.0688 e. The van der Waals surface area contributed by atoms with Gasteiger partial charge in [0.05, 0.1) is 6.61 Å². The van der Waals surface area contributed by atoms with Crippen LogP contribution in [0.2, 0.25) is 0 Å². The summed E-state index contributed by atoms with van der Waals surface area (Å²) in [6.07, 6.45) is 6.22. The Labute approximate surface area is 89.5 Å². The number of hydrogen-bond donors (Lipinski definition) is 1. The van der Waals surface area contributed by atoms with Crippen molar-refractivity contribution in [2.24, 2.45) is 0 Å². The molecule has 0 radical (unpaired) electrons. The van der Waals surface area contributed by atoms with Gasteiger partial charge in [-0.3, -0.25) is 0 Å². The zero-order valence-corrected chi connectivity index (χ0v) is 8.85. The first-order chi connectivity index (χ1) is 7.36. The van der Waals surface area contributed by atoms with Crippen LogP contribution in [0.1, 0.15) is 12.5 Å². The van der Waals surface area contributed by atoms with E-state index in [1.54, 1.807) is 0 Å². The lowest BCUT2D eigenvalue weighted by atomic mass is 10.1. The van der Waals surface area contributed by atoms with Gasteiger partial charge < -0.3 is 9.67 Å². The molecule has 0 aliphatic rings. The summed E-state index contributed by atoms with van der Waals surface area (Å²) in [6, 6.07) is 8.09. The number of aliphatic hydroxyl groups excluding tert-OH is 1. The highest BCUT2D eigenvalue weighted by Gasteiger charge is 2.03. The Morgan fingerprint density at radius 1 is 1.33 bits per heavy atom. The summed E-state index contributed by atoms with van der Waals surface area (Å²) in [4.78, 5) is 0. The molecular formula is C13H15NO. The molecule has 2 rings (SSSR count). The van der Waals surface area contributed by atoms with Crippen molar-refractivity contribution in [1.29, 1.82) is 0 Å². The molecule has 0 saturated heterocycles. The number of benzene rings is 1. The lowest BCUT2D eigenvalue weighted by Crippen LogP contribution is -1.92. The molecule has 0 aliphatic heterocycles. The molecule has 0 aliphatic carbocycles. The zero-order valence-electron chi connectivity index (χ0n) is 8.85. The average molecular weight is 201 g/mol. The van der Waals surface area contributed by atoms with E-state index in [1.807, 2.05) is 25.1 Å². The summed E-state index contributed by atoms with van der Waals surface area (Å²) in [5.74, 6) is 0. The summed E-state index contributed by atoms with van der Waals surface area (Å²) in [5, 5.41) is 10.3. The molecule has 2 aromatic rings. The molecule has 15 heavy (non-hydrogen) atoms. The van der Waals surface area contributed by atoms with Gasteiger partial charge in [0.1, 0.15) is 0 Å². The SMILES string of the molecule is CC=CCn1ccc2c(CO)cccc21. The van der Waals surface area contributed by atoms with Crippen molar-refractivity contribution in [3.63, 3.8) is 0 Å². The van der Waals surface area contributed by atoms with Crippen molar-refractivity contribution in [1.82, 2.24) is 4.57 Å². The molecule has 2 heteroatoms. The van der Waals surface area contributed by atoms with E-state index in [-0.39, 0.29) is 6.61 Å². The van der Waals surface area contributed by atoms with Crippen molar-refractivity contribution in [3.8, 4) is 0 Å². The van der Waals surface area contributed by atoms with Crippen molar-refractivity contribution in [2.75, 3.05) is 0 Å². The van der Waals surface area contributed by atoms with E-state index in [1.165, 1.54) is 5.52 Å². The minimum Gasteiger partial charge on any atom is -0.392 e. The number of fused-ring (bicyclic) bond motifs is 1. The highest BCUT2D eigenvalue weighted by molar-refractivity contribution is 5.83. The fourth-order valence-corrected chi connectivity index (χ4v) is 1.80. The van der Waals surface area contributed by atoms with E-state index in [2.05, 4.69) is 29.0 Å². The molecule has 0 saturated carbocycles. The van der Waals surface area contributed by atoms with Crippen LogP contribution >= 0.6 is 0 Å². The van der Waals surface area contributed by atoms with Crippen LogP contribution in [-0.2, 0) is 13.2 Å². The van der Waals surface area contributed by atoms with Crippen molar-refractivity contribution < 1.29 is 5.11 Å². The molecule has 1 aromatic heterocycles. The third-order valence-electron chi connectivity index (χ3n) is 2.61. The minimum absolute atomic E-state index is 0.102. The third kappa shape index (κ3) is 1.81. The largest absolute Gasteiger partial charge is 0.392 e. The molecule has 0 spiro atoms. The molecule has 0 amide bonds. The summed E-state index contributed by atoms with van der Waals surface area (Å²) < 4.78 is 2.18. The monoisotopic (exact) mass is 201 g/mol. The van der Waals surface area contributed by atoms with Gasteiger partial charge in [0.2, 0.25) is 0 Å². The van der Waals surface area contributed by atoms with Crippen LogP contribution in [-0.4, -0.2) is 9.67 Å². The molecule has 0 bridgehead atoms. The van der Waals surface area contributed by atoms with Gasteiger partial charge >= 0.3 is 0 Å². The van der Waals surface area contributed by atoms with E-state index in [0.29, 0.717) is 0 Å². The van der Waals surface area contributed by atoms with Gasteiger partial charge in [-0.2, -0.15) is 0 Å². The summed E-state index contributed by atoms with van der Waals surface area (Å²) in [7, 11) is 0. The quantitative estimate of drug-likeness (QED) is 0.759. The zero-order chi connectivity index (χ0) is 10.7. The first kappa shape index (κ1) is 9.99. The van der Waals surface area contributed by atoms with Gasteiger partial charge in [0, 0.05) is 23.6 Å².